The van der Waals surface area contributed by atoms with E-state index in [2.05, 4.69) is 10.2 Å². The number of hydrogen-bond donors (Lipinski definition) is 1. The molecule has 4 nitrogen and oxygen atoms in total. The summed E-state index contributed by atoms with van der Waals surface area (Å²) in [5.74, 6) is 0.902. The van der Waals surface area contributed by atoms with Crippen LogP contribution in [-0.2, 0) is 0 Å². The lowest BCUT2D eigenvalue weighted by molar-refractivity contribution is 0.282. The summed E-state index contributed by atoms with van der Waals surface area (Å²) >= 11 is 5.39. The maximum atomic E-state index is 5.68. The van der Waals surface area contributed by atoms with E-state index in [9.17, 15) is 0 Å². The van der Waals surface area contributed by atoms with Gasteiger partial charge in [-0.05, 0) is 50.3 Å². The summed E-state index contributed by atoms with van der Waals surface area (Å²) < 4.78 is 5.68. The van der Waals surface area contributed by atoms with Crippen LogP contribution in [0, 0.1) is 0 Å². The quantitative estimate of drug-likeness (QED) is 0.778. The fraction of sp³-hybridized carbons (Fsp3) is 0.562. The molecular weight excluding hydrogens is 282 g/mol. The molecule has 0 radical (unpaired) electrons. The summed E-state index contributed by atoms with van der Waals surface area (Å²) in [6.07, 6.45) is 2.67. The summed E-state index contributed by atoms with van der Waals surface area (Å²) in [6.45, 7) is 5.88. The van der Waals surface area contributed by atoms with E-state index in [4.69, 9.17) is 17.0 Å². The molecule has 1 saturated heterocycles. The molecule has 1 aliphatic heterocycles. The summed E-state index contributed by atoms with van der Waals surface area (Å²) in [7, 11) is 2.00. The Labute approximate surface area is 133 Å². The molecule has 1 aliphatic rings. The fourth-order valence-electron chi connectivity index (χ4n) is 2.38. The molecule has 1 aromatic carbocycles. The maximum Gasteiger partial charge on any atom is 0.168 e. The SMILES string of the molecule is CN(CCOc1ccccc1)C(=S)NCCN1CCCC1. The number of likely N-dealkylation sites (N-methyl/N-ethyl adjacent to an activating group) is 1. The zero-order valence-corrected chi connectivity index (χ0v) is 13.6. The second-order valence-electron chi connectivity index (χ2n) is 5.36. The van der Waals surface area contributed by atoms with Crippen LogP contribution in [-0.4, -0.2) is 61.3 Å². The van der Waals surface area contributed by atoms with Gasteiger partial charge in [0.25, 0.3) is 0 Å². The molecule has 0 amide bonds. The third-order valence-corrected chi connectivity index (χ3v) is 4.14. The number of rotatable bonds is 7. The topological polar surface area (TPSA) is 27.7 Å². The Bertz CT molecular complexity index is 421. The molecule has 0 unspecified atom stereocenters. The van der Waals surface area contributed by atoms with Crippen molar-refractivity contribution in [3.05, 3.63) is 30.3 Å². The van der Waals surface area contributed by atoms with Gasteiger partial charge in [0.05, 0.1) is 6.54 Å². The molecule has 1 N–H and O–H groups in total. The highest BCUT2D eigenvalue weighted by molar-refractivity contribution is 7.80. The predicted octanol–water partition coefficient (Wildman–Crippen LogP) is 1.97. The summed E-state index contributed by atoms with van der Waals surface area (Å²) in [5, 5.41) is 4.12. The van der Waals surface area contributed by atoms with Crippen molar-refractivity contribution in [1.29, 1.82) is 0 Å². The van der Waals surface area contributed by atoms with E-state index in [1.165, 1.54) is 25.9 Å². The van der Waals surface area contributed by atoms with E-state index in [0.717, 1.165) is 30.5 Å². The van der Waals surface area contributed by atoms with Gasteiger partial charge in [-0.15, -0.1) is 0 Å². The van der Waals surface area contributed by atoms with Gasteiger partial charge < -0.3 is 19.9 Å². The first-order chi connectivity index (χ1) is 10.3. The third-order valence-electron chi connectivity index (χ3n) is 3.69. The third kappa shape index (κ3) is 5.89. The summed E-state index contributed by atoms with van der Waals surface area (Å²) in [4.78, 5) is 4.51. The van der Waals surface area contributed by atoms with Crippen molar-refractivity contribution in [3.63, 3.8) is 0 Å². The molecule has 0 aliphatic carbocycles. The molecule has 0 aromatic heterocycles. The van der Waals surface area contributed by atoms with Gasteiger partial charge >= 0.3 is 0 Å². The first-order valence-corrected chi connectivity index (χ1v) is 8.06. The number of hydrogen-bond acceptors (Lipinski definition) is 3. The maximum absolute atomic E-state index is 5.68. The highest BCUT2D eigenvalue weighted by atomic mass is 32.1. The number of benzene rings is 1. The van der Waals surface area contributed by atoms with Crippen molar-refractivity contribution in [2.75, 3.05) is 46.4 Å². The van der Waals surface area contributed by atoms with Crippen molar-refractivity contribution in [2.45, 2.75) is 12.8 Å². The second-order valence-corrected chi connectivity index (χ2v) is 5.75. The number of nitrogens with zero attached hydrogens (tertiary/aromatic N) is 2. The fourth-order valence-corrected chi connectivity index (χ4v) is 2.57. The molecule has 21 heavy (non-hydrogen) atoms. The molecule has 1 heterocycles. The number of thiocarbonyl (C=S) groups is 1. The van der Waals surface area contributed by atoms with Crippen LogP contribution < -0.4 is 10.1 Å². The van der Waals surface area contributed by atoms with Gasteiger partial charge in [0.15, 0.2) is 5.11 Å². The highest BCUT2D eigenvalue weighted by Gasteiger charge is 2.11. The van der Waals surface area contributed by atoms with Crippen molar-refractivity contribution in [3.8, 4) is 5.75 Å². The Morgan fingerprint density at radius 2 is 2.00 bits per heavy atom. The Kier molecular flexibility index (Phi) is 6.76. The number of likely N-dealkylation sites (tertiary alicyclic amines) is 1. The second kappa shape index (κ2) is 8.85. The van der Waals surface area contributed by atoms with Crippen LogP contribution in [0.15, 0.2) is 30.3 Å². The van der Waals surface area contributed by atoms with E-state index < -0.39 is 0 Å². The first kappa shape index (κ1) is 16.0. The van der Waals surface area contributed by atoms with E-state index >= 15 is 0 Å². The molecule has 0 spiro atoms. The summed E-state index contributed by atoms with van der Waals surface area (Å²) in [6, 6.07) is 9.87. The predicted molar refractivity (Wildman–Crippen MR) is 90.8 cm³/mol. The zero-order chi connectivity index (χ0) is 14.9. The largest absolute Gasteiger partial charge is 0.492 e. The lowest BCUT2D eigenvalue weighted by atomic mass is 10.3. The Morgan fingerprint density at radius 1 is 1.29 bits per heavy atom. The van der Waals surface area contributed by atoms with E-state index in [0.29, 0.717) is 6.61 Å². The Balaban J connectivity index is 1.56. The van der Waals surface area contributed by atoms with Crippen LogP contribution in [0.1, 0.15) is 12.8 Å². The average molecular weight is 307 g/mol. The van der Waals surface area contributed by atoms with E-state index in [-0.39, 0.29) is 0 Å². The molecule has 1 aromatic rings. The van der Waals surface area contributed by atoms with E-state index in [1.54, 1.807) is 0 Å². The summed E-state index contributed by atoms with van der Waals surface area (Å²) in [5.41, 5.74) is 0. The van der Waals surface area contributed by atoms with Gasteiger partial charge in [-0.1, -0.05) is 18.2 Å². The number of nitrogens with one attached hydrogen (secondary N) is 1. The normalized spacial score (nSPS) is 14.9. The van der Waals surface area contributed by atoms with Crippen molar-refractivity contribution >= 4 is 17.3 Å². The monoisotopic (exact) mass is 307 g/mol. The van der Waals surface area contributed by atoms with Crippen molar-refractivity contribution in [2.24, 2.45) is 0 Å². The minimum absolute atomic E-state index is 0.633. The minimum atomic E-state index is 0.633. The van der Waals surface area contributed by atoms with Gasteiger partial charge in [-0.25, -0.2) is 0 Å². The molecule has 0 atom stereocenters. The molecule has 116 valence electrons. The van der Waals surface area contributed by atoms with Gasteiger partial charge in [0.2, 0.25) is 0 Å². The standard InChI is InChI=1S/C16H25N3OS/c1-18(13-14-20-15-7-3-2-4-8-15)16(21)17-9-12-19-10-5-6-11-19/h2-4,7-8H,5-6,9-14H2,1H3,(H,17,21). The molecule has 2 rings (SSSR count). The smallest absolute Gasteiger partial charge is 0.168 e. The van der Waals surface area contributed by atoms with Gasteiger partial charge in [0.1, 0.15) is 12.4 Å². The van der Waals surface area contributed by atoms with Crippen LogP contribution in [0.2, 0.25) is 0 Å². The van der Waals surface area contributed by atoms with Crippen LogP contribution >= 0.6 is 12.2 Å². The Hall–Kier alpha value is -1.33. The average Bonchev–Trinajstić information content (AvgIpc) is 3.01. The van der Waals surface area contributed by atoms with Crippen LogP contribution in [0.3, 0.4) is 0 Å². The van der Waals surface area contributed by atoms with E-state index in [1.807, 2.05) is 42.3 Å². The highest BCUT2D eigenvalue weighted by Crippen LogP contribution is 2.08. The first-order valence-electron chi connectivity index (χ1n) is 7.65. The zero-order valence-electron chi connectivity index (χ0n) is 12.8. The molecule has 0 saturated carbocycles. The lowest BCUT2D eigenvalue weighted by Crippen LogP contribution is -2.42. The molecule has 0 bridgehead atoms. The molecule has 1 fully saturated rings. The van der Waals surface area contributed by atoms with Gasteiger partial charge in [-0.2, -0.15) is 0 Å². The molecular formula is C16H25N3OS. The van der Waals surface area contributed by atoms with Gasteiger partial charge in [-0.3, -0.25) is 0 Å². The van der Waals surface area contributed by atoms with Crippen LogP contribution in [0.4, 0.5) is 0 Å². The number of para-hydroxylation sites is 1. The van der Waals surface area contributed by atoms with Crippen molar-refractivity contribution in [1.82, 2.24) is 15.1 Å². The van der Waals surface area contributed by atoms with Gasteiger partial charge in [0, 0.05) is 20.1 Å². The van der Waals surface area contributed by atoms with Crippen molar-refractivity contribution < 1.29 is 4.74 Å². The minimum Gasteiger partial charge on any atom is -0.492 e. The Morgan fingerprint density at radius 3 is 2.71 bits per heavy atom. The number of ether oxygens (including phenoxy) is 1. The van der Waals surface area contributed by atoms with Crippen LogP contribution in [0.5, 0.6) is 5.75 Å². The molecule has 5 heteroatoms. The van der Waals surface area contributed by atoms with Crippen LogP contribution in [0.25, 0.3) is 0 Å². The lowest BCUT2D eigenvalue weighted by Gasteiger charge is -2.22.